The first-order chi connectivity index (χ1) is 16.4. The molecule has 8 nitrogen and oxygen atoms in total. The third-order valence-corrected chi connectivity index (χ3v) is 5.28. The molecule has 0 spiro atoms. The lowest BCUT2D eigenvalue weighted by Gasteiger charge is -2.23. The van der Waals surface area contributed by atoms with Gasteiger partial charge < -0.3 is 14.7 Å². The van der Waals surface area contributed by atoms with Gasteiger partial charge in [0.25, 0.3) is 0 Å². The molecule has 3 aromatic carbocycles. The highest BCUT2D eigenvalue weighted by Crippen LogP contribution is 2.23. The minimum atomic E-state index is -1.07. The molecule has 0 fully saturated rings. The van der Waals surface area contributed by atoms with Crippen LogP contribution in [-0.2, 0) is 11.3 Å². The molecule has 1 heterocycles. The highest BCUT2D eigenvalue weighted by Gasteiger charge is 2.22. The van der Waals surface area contributed by atoms with Gasteiger partial charge in [0.2, 0.25) is 17.6 Å². The first-order valence-corrected chi connectivity index (χ1v) is 10.5. The van der Waals surface area contributed by atoms with Crippen LogP contribution in [0.4, 0.5) is 5.69 Å². The van der Waals surface area contributed by atoms with Gasteiger partial charge >= 0.3 is 5.97 Å². The number of rotatable bonds is 8. The van der Waals surface area contributed by atoms with E-state index in [1.165, 1.54) is 36.4 Å². The number of benzene rings is 3. The Balaban J connectivity index is 1.63. The van der Waals surface area contributed by atoms with E-state index >= 15 is 0 Å². The van der Waals surface area contributed by atoms with Crippen molar-refractivity contribution in [3.63, 3.8) is 0 Å². The Hall–Kier alpha value is -4.59. The maximum Gasteiger partial charge on any atom is 0.335 e. The number of fused-ring (bicyclic) bond motifs is 1. The summed E-state index contributed by atoms with van der Waals surface area (Å²) in [7, 11) is 1.42. The van der Waals surface area contributed by atoms with E-state index in [-0.39, 0.29) is 23.8 Å². The van der Waals surface area contributed by atoms with Crippen molar-refractivity contribution in [2.75, 3.05) is 12.0 Å². The van der Waals surface area contributed by atoms with Gasteiger partial charge in [-0.15, -0.1) is 0 Å². The third kappa shape index (κ3) is 5.07. The number of hydrogen-bond donors (Lipinski definition) is 1. The number of ketones is 1. The molecule has 0 unspecified atom stereocenters. The lowest BCUT2D eigenvalue weighted by atomic mass is 10.1. The van der Waals surface area contributed by atoms with E-state index in [1.54, 1.807) is 12.1 Å². The van der Waals surface area contributed by atoms with Gasteiger partial charge in [0.15, 0.2) is 5.82 Å². The molecular weight excluding hydrogens is 434 g/mol. The number of nitrogens with zero attached hydrogens (tertiary/aromatic N) is 3. The number of aromatic carboxylic acids is 1. The second kappa shape index (κ2) is 9.91. The van der Waals surface area contributed by atoms with Gasteiger partial charge in [0, 0.05) is 18.0 Å². The van der Waals surface area contributed by atoms with Gasteiger partial charge in [-0.25, -0.2) is 9.78 Å². The van der Waals surface area contributed by atoms with Crippen LogP contribution in [0.3, 0.4) is 0 Å². The molecule has 170 valence electrons. The van der Waals surface area contributed by atoms with E-state index in [0.29, 0.717) is 5.69 Å². The van der Waals surface area contributed by atoms with E-state index in [2.05, 4.69) is 9.97 Å². The summed E-state index contributed by atoms with van der Waals surface area (Å²) in [5, 5.41) is 11.3. The fraction of sp³-hybridized carbons (Fsp3) is 0.115. The number of carbonyl (C=O) groups excluding carboxylic acids is 2. The molecule has 0 aliphatic heterocycles. The van der Waals surface area contributed by atoms with Crippen molar-refractivity contribution in [3.05, 3.63) is 95.9 Å². The quantitative estimate of drug-likeness (QED) is 0.314. The predicted molar refractivity (Wildman–Crippen MR) is 126 cm³/mol. The van der Waals surface area contributed by atoms with Crippen molar-refractivity contribution in [3.8, 4) is 5.88 Å². The van der Waals surface area contributed by atoms with Crippen molar-refractivity contribution in [1.29, 1.82) is 0 Å². The maximum absolute atomic E-state index is 13.3. The number of aromatic nitrogens is 2. The molecule has 0 aliphatic carbocycles. The number of amides is 1. The predicted octanol–water partition coefficient (Wildman–Crippen LogP) is 4.14. The lowest BCUT2D eigenvalue weighted by Crippen LogP contribution is -2.32. The second-order valence-corrected chi connectivity index (χ2v) is 7.54. The maximum atomic E-state index is 13.3. The van der Waals surface area contributed by atoms with E-state index in [1.807, 2.05) is 42.5 Å². The molecule has 1 N–H and O–H groups in total. The number of hydrogen-bond acceptors (Lipinski definition) is 6. The highest BCUT2D eigenvalue weighted by atomic mass is 16.5. The molecule has 8 heteroatoms. The molecule has 0 radical (unpaired) electrons. The minimum Gasteiger partial charge on any atom is -0.481 e. The average Bonchev–Trinajstić information content (AvgIpc) is 2.87. The van der Waals surface area contributed by atoms with Crippen molar-refractivity contribution in [1.82, 2.24) is 9.97 Å². The molecule has 4 aromatic rings. The third-order valence-electron chi connectivity index (χ3n) is 5.28. The summed E-state index contributed by atoms with van der Waals surface area (Å²) >= 11 is 0. The number of methoxy groups -OCH3 is 1. The summed E-state index contributed by atoms with van der Waals surface area (Å²) < 4.78 is 5.02. The number of Topliss-reactive ketones (excluding diaryl/α,β-unsaturated/α-hetero) is 1. The zero-order chi connectivity index (χ0) is 24.1. The Morgan fingerprint density at radius 3 is 2.38 bits per heavy atom. The Morgan fingerprint density at radius 1 is 0.941 bits per heavy atom. The van der Waals surface area contributed by atoms with E-state index in [9.17, 15) is 19.5 Å². The monoisotopic (exact) mass is 455 g/mol. The summed E-state index contributed by atoms with van der Waals surface area (Å²) in [5.74, 6) is -1.96. The molecule has 0 atom stereocenters. The number of anilines is 1. The molecule has 0 saturated heterocycles. The molecule has 1 amide bonds. The Morgan fingerprint density at radius 2 is 1.68 bits per heavy atom. The van der Waals surface area contributed by atoms with Crippen molar-refractivity contribution >= 4 is 34.1 Å². The van der Waals surface area contributed by atoms with Gasteiger partial charge in [0.05, 0.1) is 25.6 Å². The highest BCUT2D eigenvalue weighted by molar-refractivity contribution is 6.10. The van der Waals surface area contributed by atoms with Crippen LogP contribution in [0.1, 0.15) is 33.0 Å². The average molecular weight is 455 g/mol. The zero-order valence-electron chi connectivity index (χ0n) is 18.3. The number of carbonyl (C=O) groups is 3. The normalized spacial score (nSPS) is 10.6. The topological polar surface area (TPSA) is 110 Å². The number of carboxylic acid groups (broad SMARTS) is 1. The van der Waals surface area contributed by atoms with Crippen LogP contribution >= 0.6 is 0 Å². The second-order valence-electron chi connectivity index (χ2n) is 7.54. The van der Waals surface area contributed by atoms with Crippen molar-refractivity contribution in [2.24, 2.45) is 0 Å². The van der Waals surface area contributed by atoms with Crippen LogP contribution in [0.15, 0.2) is 79.0 Å². The zero-order valence-corrected chi connectivity index (χ0v) is 18.3. The summed E-state index contributed by atoms with van der Waals surface area (Å²) in [4.78, 5) is 46.6. The Labute approximate surface area is 195 Å². The fourth-order valence-corrected chi connectivity index (χ4v) is 3.53. The summed E-state index contributed by atoms with van der Waals surface area (Å²) in [6, 6.07) is 21.2. The molecule has 4 rings (SSSR count). The molecule has 0 aliphatic rings. The number of carboxylic acids is 1. The van der Waals surface area contributed by atoms with Crippen LogP contribution < -0.4 is 9.64 Å². The van der Waals surface area contributed by atoms with Gasteiger partial charge in [-0.2, -0.15) is 4.98 Å². The first-order valence-electron chi connectivity index (χ1n) is 10.5. The van der Waals surface area contributed by atoms with Gasteiger partial charge in [-0.05, 0) is 46.7 Å². The molecule has 34 heavy (non-hydrogen) atoms. The first kappa shape index (κ1) is 22.6. The van der Waals surface area contributed by atoms with Gasteiger partial charge in [-0.3, -0.25) is 9.59 Å². The molecule has 1 aromatic heterocycles. The number of ether oxygens (including phenoxy) is 1. The molecule has 0 saturated carbocycles. The summed E-state index contributed by atoms with van der Waals surface area (Å²) in [6.45, 7) is 0.197. The standard InChI is InChI=1S/C26H21N3O5/c1-34-23-12-13-27-25(28-23)22(30)15-24(31)29(21-10-8-19(9-11-21)26(32)33)16-17-6-7-18-4-2-3-5-20(18)14-17/h2-14H,15-16H2,1H3,(H,32,33). The lowest BCUT2D eigenvalue weighted by molar-refractivity contribution is -0.117. The van der Waals surface area contributed by atoms with Crippen molar-refractivity contribution in [2.45, 2.75) is 13.0 Å². The van der Waals surface area contributed by atoms with Crippen LogP contribution in [0, 0.1) is 0 Å². The van der Waals surface area contributed by atoms with E-state index < -0.39 is 24.1 Å². The Kier molecular flexibility index (Phi) is 6.59. The van der Waals surface area contributed by atoms with Crippen LogP contribution in [-0.4, -0.2) is 39.8 Å². The molecule has 0 bridgehead atoms. The smallest absolute Gasteiger partial charge is 0.335 e. The largest absolute Gasteiger partial charge is 0.481 e. The van der Waals surface area contributed by atoms with Gasteiger partial charge in [-0.1, -0.05) is 36.4 Å². The van der Waals surface area contributed by atoms with Gasteiger partial charge in [0.1, 0.15) is 0 Å². The van der Waals surface area contributed by atoms with Crippen LogP contribution in [0.5, 0.6) is 5.88 Å². The van der Waals surface area contributed by atoms with Crippen molar-refractivity contribution < 1.29 is 24.2 Å². The SMILES string of the molecule is COc1ccnc(C(=O)CC(=O)N(Cc2ccc3ccccc3c2)c2ccc(C(=O)O)cc2)n1. The fourth-order valence-electron chi connectivity index (χ4n) is 3.53. The molecular formula is C26H21N3O5. The summed E-state index contributed by atoms with van der Waals surface area (Å²) in [6.07, 6.45) is 0.933. The Bertz CT molecular complexity index is 1370. The minimum absolute atomic E-state index is 0.0997. The van der Waals surface area contributed by atoms with E-state index in [4.69, 9.17) is 4.74 Å². The van der Waals surface area contributed by atoms with Crippen LogP contribution in [0.25, 0.3) is 10.8 Å². The summed E-state index contributed by atoms with van der Waals surface area (Å²) in [5.41, 5.74) is 1.43. The van der Waals surface area contributed by atoms with Crippen LogP contribution in [0.2, 0.25) is 0 Å². The van der Waals surface area contributed by atoms with E-state index in [0.717, 1.165) is 16.3 Å².